The molecule has 1 rings (SSSR count). The van der Waals surface area contributed by atoms with Crippen LogP contribution in [0.15, 0.2) is 16.6 Å². The van der Waals surface area contributed by atoms with Gasteiger partial charge >= 0.3 is 5.97 Å². The molecule has 0 aliphatic heterocycles. The number of esters is 1. The summed E-state index contributed by atoms with van der Waals surface area (Å²) in [6.45, 7) is 11.9. The van der Waals surface area contributed by atoms with Gasteiger partial charge in [-0.3, -0.25) is 4.79 Å². The summed E-state index contributed by atoms with van der Waals surface area (Å²) in [7, 11) is 0. The lowest BCUT2D eigenvalue weighted by Gasteiger charge is -2.22. The monoisotopic (exact) mass is 326 g/mol. The minimum atomic E-state index is -0.415. The van der Waals surface area contributed by atoms with E-state index in [-0.39, 0.29) is 11.9 Å². The van der Waals surface area contributed by atoms with Crippen molar-refractivity contribution in [1.82, 2.24) is 0 Å². The van der Waals surface area contributed by atoms with Crippen LogP contribution in [0.5, 0.6) is 0 Å². The molecule has 1 aromatic rings. The molecule has 1 unspecified atom stereocenters. The van der Waals surface area contributed by atoms with Gasteiger partial charge in [0.2, 0.25) is 0 Å². The average Bonchev–Trinajstić information content (AvgIpc) is 2.23. The van der Waals surface area contributed by atoms with E-state index in [0.29, 0.717) is 6.42 Å². The first-order valence-corrected chi connectivity index (χ1v) is 7.38. The van der Waals surface area contributed by atoms with Crippen molar-refractivity contribution in [3.8, 4) is 0 Å². The van der Waals surface area contributed by atoms with Crippen LogP contribution in [-0.2, 0) is 9.53 Å². The molecule has 106 valence electrons. The van der Waals surface area contributed by atoms with Crippen LogP contribution < -0.4 is 0 Å². The molecule has 2 nitrogen and oxygen atoms in total. The third-order valence-corrected chi connectivity index (χ3v) is 4.05. The van der Waals surface area contributed by atoms with Gasteiger partial charge in [0.25, 0.3) is 0 Å². The van der Waals surface area contributed by atoms with E-state index < -0.39 is 5.60 Å². The summed E-state index contributed by atoms with van der Waals surface area (Å²) in [6, 6.07) is 4.13. The Morgan fingerprint density at radius 3 is 2.37 bits per heavy atom. The Morgan fingerprint density at radius 1 is 1.26 bits per heavy atom. The molecule has 0 saturated heterocycles. The van der Waals surface area contributed by atoms with Crippen LogP contribution in [-0.4, -0.2) is 11.6 Å². The van der Waals surface area contributed by atoms with E-state index in [2.05, 4.69) is 42.8 Å². The normalized spacial score (nSPS) is 13.2. The lowest BCUT2D eigenvalue weighted by molar-refractivity contribution is -0.155. The SMILES string of the molecule is Cc1c(Br)ccc(C(C)CC(=O)OC(C)(C)C)c1C. The maximum Gasteiger partial charge on any atom is 0.306 e. The summed E-state index contributed by atoms with van der Waals surface area (Å²) in [5, 5.41) is 0. The lowest BCUT2D eigenvalue weighted by Crippen LogP contribution is -2.24. The molecular formula is C16H23BrO2. The molecule has 0 N–H and O–H groups in total. The molecule has 0 radical (unpaired) electrons. The topological polar surface area (TPSA) is 26.3 Å². The Labute approximate surface area is 124 Å². The highest BCUT2D eigenvalue weighted by atomic mass is 79.9. The minimum absolute atomic E-state index is 0.139. The van der Waals surface area contributed by atoms with E-state index in [1.54, 1.807) is 0 Å². The summed E-state index contributed by atoms with van der Waals surface area (Å²) in [5.74, 6) is 0.0293. The highest BCUT2D eigenvalue weighted by Gasteiger charge is 2.20. The molecule has 3 heteroatoms. The van der Waals surface area contributed by atoms with Crippen molar-refractivity contribution in [2.24, 2.45) is 0 Å². The zero-order valence-electron chi connectivity index (χ0n) is 12.6. The van der Waals surface area contributed by atoms with Crippen molar-refractivity contribution in [1.29, 1.82) is 0 Å². The maximum atomic E-state index is 11.9. The third kappa shape index (κ3) is 4.64. The second-order valence-corrected chi connectivity index (χ2v) is 6.93. The molecule has 1 aromatic carbocycles. The zero-order chi connectivity index (χ0) is 14.8. The fraction of sp³-hybridized carbons (Fsp3) is 0.562. The molecule has 0 aliphatic carbocycles. The number of ether oxygens (including phenoxy) is 1. The van der Waals surface area contributed by atoms with Gasteiger partial charge in [0.05, 0.1) is 6.42 Å². The molecule has 0 saturated carbocycles. The number of hydrogen-bond acceptors (Lipinski definition) is 2. The molecule has 0 heterocycles. The van der Waals surface area contributed by atoms with Gasteiger partial charge in [-0.2, -0.15) is 0 Å². The van der Waals surface area contributed by atoms with Gasteiger partial charge in [0.15, 0.2) is 0 Å². The summed E-state index contributed by atoms with van der Waals surface area (Å²) in [6.07, 6.45) is 0.416. The molecule has 19 heavy (non-hydrogen) atoms. The minimum Gasteiger partial charge on any atom is -0.460 e. The van der Waals surface area contributed by atoms with E-state index in [9.17, 15) is 4.79 Å². The smallest absolute Gasteiger partial charge is 0.306 e. The van der Waals surface area contributed by atoms with E-state index in [4.69, 9.17) is 4.74 Å². The standard InChI is InChI=1S/C16H23BrO2/c1-10(9-15(18)19-16(4,5)6)13-7-8-14(17)12(3)11(13)2/h7-8,10H,9H2,1-6H3. The van der Waals surface area contributed by atoms with Crippen molar-refractivity contribution in [2.45, 2.75) is 59.5 Å². The van der Waals surface area contributed by atoms with Crippen LogP contribution in [0.3, 0.4) is 0 Å². The average molecular weight is 327 g/mol. The molecule has 0 fully saturated rings. The lowest BCUT2D eigenvalue weighted by atomic mass is 9.91. The number of carbonyl (C=O) groups is 1. The molecule has 0 bridgehead atoms. The number of carbonyl (C=O) groups excluding carboxylic acids is 1. The Hall–Kier alpha value is -0.830. The van der Waals surface area contributed by atoms with Gasteiger partial charge in [0, 0.05) is 4.47 Å². The molecule has 0 spiro atoms. The number of halogens is 1. The summed E-state index contributed by atoms with van der Waals surface area (Å²) in [4.78, 5) is 11.9. The highest BCUT2D eigenvalue weighted by molar-refractivity contribution is 9.10. The van der Waals surface area contributed by atoms with Crippen molar-refractivity contribution in [2.75, 3.05) is 0 Å². The maximum absolute atomic E-state index is 11.9. The molecule has 1 atom stereocenters. The molecule has 0 aliphatic rings. The van der Waals surface area contributed by atoms with E-state index in [0.717, 1.165) is 4.47 Å². The van der Waals surface area contributed by atoms with Crippen LogP contribution >= 0.6 is 15.9 Å². The van der Waals surface area contributed by atoms with Crippen LogP contribution in [0, 0.1) is 13.8 Å². The van der Waals surface area contributed by atoms with Crippen molar-refractivity contribution >= 4 is 21.9 Å². The predicted molar refractivity (Wildman–Crippen MR) is 82.5 cm³/mol. The second kappa shape index (κ2) is 6.08. The largest absolute Gasteiger partial charge is 0.460 e. The van der Waals surface area contributed by atoms with E-state index in [1.807, 2.05) is 26.8 Å². The Balaban J connectivity index is 2.82. The van der Waals surface area contributed by atoms with Gasteiger partial charge < -0.3 is 4.74 Å². The molecular weight excluding hydrogens is 304 g/mol. The van der Waals surface area contributed by atoms with Gasteiger partial charge in [-0.25, -0.2) is 0 Å². The number of rotatable bonds is 3. The van der Waals surface area contributed by atoms with Crippen molar-refractivity contribution in [3.63, 3.8) is 0 Å². The van der Waals surface area contributed by atoms with Crippen LogP contribution in [0.2, 0.25) is 0 Å². The summed E-state index contributed by atoms with van der Waals surface area (Å²) < 4.78 is 6.48. The van der Waals surface area contributed by atoms with E-state index in [1.165, 1.54) is 16.7 Å². The first kappa shape index (κ1) is 16.2. The second-order valence-electron chi connectivity index (χ2n) is 6.08. The van der Waals surface area contributed by atoms with Gasteiger partial charge in [-0.1, -0.05) is 28.9 Å². The van der Waals surface area contributed by atoms with Gasteiger partial charge in [0.1, 0.15) is 5.60 Å². The third-order valence-electron chi connectivity index (χ3n) is 3.19. The zero-order valence-corrected chi connectivity index (χ0v) is 14.2. The number of benzene rings is 1. The quantitative estimate of drug-likeness (QED) is 0.738. The Kier molecular flexibility index (Phi) is 5.19. The fourth-order valence-corrected chi connectivity index (χ4v) is 2.52. The highest BCUT2D eigenvalue weighted by Crippen LogP contribution is 2.29. The molecule has 0 aromatic heterocycles. The Bertz CT molecular complexity index is 472. The fourth-order valence-electron chi connectivity index (χ4n) is 2.09. The Morgan fingerprint density at radius 2 is 1.84 bits per heavy atom. The van der Waals surface area contributed by atoms with Crippen LogP contribution in [0.1, 0.15) is 56.7 Å². The first-order valence-electron chi connectivity index (χ1n) is 6.59. The molecule has 0 amide bonds. The van der Waals surface area contributed by atoms with Crippen molar-refractivity contribution < 1.29 is 9.53 Å². The first-order chi connectivity index (χ1) is 8.61. The van der Waals surface area contributed by atoms with Gasteiger partial charge in [-0.05, 0) is 63.3 Å². The summed E-state index contributed by atoms with van der Waals surface area (Å²) >= 11 is 3.53. The van der Waals surface area contributed by atoms with Crippen molar-refractivity contribution in [3.05, 3.63) is 33.3 Å². The predicted octanol–water partition coefficient (Wildman–Crippen LogP) is 4.90. The van der Waals surface area contributed by atoms with Gasteiger partial charge in [-0.15, -0.1) is 0 Å². The summed E-state index contributed by atoms with van der Waals surface area (Å²) in [5.41, 5.74) is 3.27. The number of hydrogen-bond donors (Lipinski definition) is 0. The van der Waals surface area contributed by atoms with Crippen LogP contribution in [0.4, 0.5) is 0 Å². The van der Waals surface area contributed by atoms with E-state index >= 15 is 0 Å². The van der Waals surface area contributed by atoms with Crippen LogP contribution in [0.25, 0.3) is 0 Å².